The Balaban J connectivity index is 1.83. The monoisotopic (exact) mass is 277 g/mol. The minimum absolute atomic E-state index is 0.239. The third-order valence-electron chi connectivity index (χ3n) is 2.85. The fourth-order valence-corrected chi connectivity index (χ4v) is 2.97. The van der Waals surface area contributed by atoms with E-state index in [1.54, 1.807) is 11.3 Å². The van der Waals surface area contributed by atoms with Crippen molar-refractivity contribution in [3.63, 3.8) is 0 Å². The number of hydrogen-bond acceptors (Lipinski definition) is 3. The standard InChI is InChI=1S/C13H12ClN3S/c1-8(12-4-5-13(14)18-12)16-10-3-2-9-7-15-17-11(9)6-10/h2-8,16H,1H3,(H,15,17). The molecule has 3 rings (SSSR count). The van der Waals surface area contributed by atoms with Crippen LogP contribution in [0.15, 0.2) is 36.5 Å². The smallest absolute Gasteiger partial charge is 0.0932 e. The summed E-state index contributed by atoms with van der Waals surface area (Å²) in [4.78, 5) is 1.23. The maximum absolute atomic E-state index is 5.95. The van der Waals surface area contributed by atoms with Gasteiger partial charge in [0, 0.05) is 16.0 Å². The van der Waals surface area contributed by atoms with Crippen molar-refractivity contribution in [2.75, 3.05) is 5.32 Å². The van der Waals surface area contributed by atoms with Crippen molar-refractivity contribution in [3.05, 3.63) is 45.7 Å². The second-order valence-electron chi connectivity index (χ2n) is 4.18. The zero-order valence-electron chi connectivity index (χ0n) is 9.77. The number of aromatic nitrogens is 2. The third-order valence-corrected chi connectivity index (χ3v) is 4.26. The summed E-state index contributed by atoms with van der Waals surface area (Å²) < 4.78 is 0.822. The molecule has 1 aromatic carbocycles. The normalized spacial score (nSPS) is 12.8. The first-order valence-electron chi connectivity index (χ1n) is 5.67. The SMILES string of the molecule is CC(Nc1ccc2cn[nH]c2c1)c1ccc(Cl)s1. The first kappa shape index (κ1) is 11.6. The summed E-state index contributed by atoms with van der Waals surface area (Å²) >= 11 is 7.55. The van der Waals surface area contributed by atoms with Gasteiger partial charge in [-0.15, -0.1) is 11.3 Å². The summed E-state index contributed by atoms with van der Waals surface area (Å²) in [5.41, 5.74) is 2.11. The molecule has 0 saturated heterocycles. The number of anilines is 1. The maximum atomic E-state index is 5.95. The average Bonchev–Trinajstić information content (AvgIpc) is 2.96. The number of H-pyrrole nitrogens is 1. The molecular formula is C13H12ClN3S. The second kappa shape index (κ2) is 4.63. The van der Waals surface area contributed by atoms with E-state index in [0.717, 1.165) is 20.9 Å². The fraction of sp³-hybridized carbons (Fsp3) is 0.154. The first-order valence-corrected chi connectivity index (χ1v) is 6.87. The average molecular weight is 278 g/mol. The molecule has 0 spiro atoms. The van der Waals surface area contributed by atoms with E-state index in [1.165, 1.54) is 4.88 Å². The number of thiophene rings is 1. The highest BCUT2D eigenvalue weighted by molar-refractivity contribution is 7.16. The van der Waals surface area contributed by atoms with Crippen LogP contribution in [-0.2, 0) is 0 Å². The number of aromatic amines is 1. The highest BCUT2D eigenvalue weighted by Gasteiger charge is 2.08. The molecule has 0 fully saturated rings. The summed E-state index contributed by atoms with van der Waals surface area (Å²) in [5, 5.41) is 11.6. The molecule has 3 nitrogen and oxygen atoms in total. The minimum atomic E-state index is 0.239. The minimum Gasteiger partial charge on any atom is -0.378 e. The molecule has 92 valence electrons. The van der Waals surface area contributed by atoms with Crippen LogP contribution >= 0.6 is 22.9 Å². The molecule has 0 aliphatic heterocycles. The van der Waals surface area contributed by atoms with E-state index in [2.05, 4.69) is 46.7 Å². The summed E-state index contributed by atoms with van der Waals surface area (Å²) in [6.45, 7) is 2.12. The van der Waals surface area contributed by atoms with Gasteiger partial charge in [0.1, 0.15) is 0 Å². The molecule has 2 aromatic heterocycles. The van der Waals surface area contributed by atoms with Crippen LogP contribution in [-0.4, -0.2) is 10.2 Å². The van der Waals surface area contributed by atoms with Crippen molar-refractivity contribution < 1.29 is 0 Å². The van der Waals surface area contributed by atoms with Gasteiger partial charge < -0.3 is 5.32 Å². The summed E-state index contributed by atoms with van der Waals surface area (Å²) in [5.74, 6) is 0. The highest BCUT2D eigenvalue weighted by Crippen LogP contribution is 2.29. The maximum Gasteiger partial charge on any atom is 0.0932 e. The summed E-state index contributed by atoms with van der Waals surface area (Å²) in [6, 6.07) is 10.4. The lowest BCUT2D eigenvalue weighted by atomic mass is 10.2. The molecule has 18 heavy (non-hydrogen) atoms. The van der Waals surface area contributed by atoms with E-state index in [0.29, 0.717) is 0 Å². The molecule has 5 heteroatoms. The quantitative estimate of drug-likeness (QED) is 0.742. The van der Waals surface area contributed by atoms with Crippen LogP contribution in [0.5, 0.6) is 0 Å². The number of fused-ring (bicyclic) bond motifs is 1. The topological polar surface area (TPSA) is 40.7 Å². The molecular weight excluding hydrogens is 266 g/mol. The number of halogens is 1. The molecule has 2 N–H and O–H groups in total. The number of nitrogens with zero attached hydrogens (tertiary/aromatic N) is 1. The largest absolute Gasteiger partial charge is 0.378 e. The van der Waals surface area contributed by atoms with Gasteiger partial charge in [0.05, 0.1) is 22.1 Å². The van der Waals surface area contributed by atoms with Crippen molar-refractivity contribution >= 4 is 39.5 Å². The third kappa shape index (κ3) is 2.21. The summed E-state index contributed by atoms with van der Waals surface area (Å²) in [7, 11) is 0. The van der Waals surface area contributed by atoms with Gasteiger partial charge in [-0.2, -0.15) is 5.10 Å². The van der Waals surface area contributed by atoms with E-state index in [4.69, 9.17) is 11.6 Å². The predicted molar refractivity (Wildman–Crippen MR) is 77.5 cm³/mol. The van der Waals surface area contributed by atoms with E-state index >= 15 is 0 Å². The van der Waals surface area contributed by atoms with Crippen LogP contribution in [0.25, 0.3) is 10.9 Å². The molecule has 0 saturated carbocycles. The zero-order valence-corrected chi connectivity index (χ0v) is 11.3. The molecule has 0 amide bonds. The zero-order chi connectivity index (χ0) is 12.5. The van der Waals surface area contributed by atoms with E-state index in [9.17, 15) is 0 Å². The first-order chi connectivity index (χ1) is 8.72. The number of nitrogens with one attached hydrogen (secondary N) is 2. The number of hydrogen-bond donors (Lipinski definition) is 2. The summed E-state index contributed by atoms with van der Waals surface area (Å²) in [6.07, 6.45) is 1.82. The Morgan fingerprint density at radius 1 is 1.33 bits per heavy atom. The van der Waals surface area contributed by atoms with Crippen LogP contribution < -0.4 is 5.32 Å². The van der Waals surface area contributed by atoms with Crippen molar-refractivity contribution in [2.24, 2.45) is 0 Å². The van der Waals surface area contributed by atoms with Crippen LogP contribution in [0.4, 0.5) is 5.69 Å². The van der Waals surface area contributed by atoms with Crippen LogP contribution in [0.3, 0.4) is 0 Å². The van der Waals surface area contributed by atoms with Gasteiger partial charge in [-0.1, -0.05) is 11.6 Å². The molecule has 0 bridgehead atoms. The Kier molecular flexibility index (Phi) is 2.97. The van der Waals surface area contributed by atoms with Gasteiger partial charge in [-0.05, 0) is 37.3 Å². The van der Waals surface area contributed by atoms with Gasteiger partial charge >= 0.3 is 0 Å². The second-order valence-corrected chi connectivity index (χ2v) is 5.93. The van der Waals surface area contributed by atoms with Gasteiger partial charge in [0.15, 0.2) is 0 Å². The van der Waals surface area contributed by atoms with Crippen molar-refractivity contribution in [3.8, 4) is 0 Å². The fourth-order valence-electron chi connectivity index (χ4n) is 1.91. The van der Waals surface area contributed by atoms with Crippen LogP contribution in [0, 0.1) is 0 Å². The highest BCUT2D eigenvalue weighted by atomic mass is 35.5. The molecule has 1 unspecified atom stereocenters. The van der Waals surface area contributed by atoms with Crippen LogP contribution in [0.2, 0.25) is 4.34 Å². The van der Waals surface area contributed by atoms with Gasteiger partial charge in [-0.3, -0.25) is 5.10 Å². The number of rotatable bonds is 3. The molecule has 0 aliphatic rings. The number of benzene rings is 1. The molecule has 2 heterocycles. The molecule has 0 radical (unpaired) electrons. The van der Waals surface area contributed by atoms with Crippen LogP contribution in [0.1, 0.15) is 17.8 Å². The van der Waals surface area contributed by atoms with E-state index in [1.807, 2.05) is 12.3 Å². The van der Waals surface area contributed by atoms with Crippen molar-refractivity contribution in [1.29, 1.82) is 0 Å². The lowest BCUT2D eigenvalue weighted by molar-refractivity contribution is 0.908. The molecule has 1 atom stereocenters. The van der Waals surface area contributed by atoms with Gasteiger partial charge in [0.25, 0.3) is 0 Å². The lowest BCUT2D eigenvalue weighted by Crippen LogP contribution is -2.04. The molecule has 3 aromatic rings. The van der Waals surface area contributed by atoms with Crippen molar-refractivity contribution in [2.45, 2.75) is 13.0 Å². The van der Waals surface area contributed by atoms with Gasteiger partial charge in [0.2, 0.25) is 0 Å². The lowest BCUT2D eigenvalue weighted by Gasteiger charge is -2.13. The van der Waals surface area contributed by atoms with E-state index in [-0.39, 0.29) is 6.04 Å². The Morgan fingerprint density at radius 3 is 3.00 bits per heavy atom. The Morgan fingerprint density at radius 2 is 2.22 bits per heavy atom. The van der Waals surface area contributed by atoms with Gasteiger partial charge in [-0.25, -0.2) is 0 Å². The Labute approximate surface area is 114 Å². The predicted octanol–water partition coefficient (Wildman–Crippen LogP) is 4.45. The Bertz CT molecular complexity index is 673. The van der Waals surface area contributed by atoms with E-state index < -0.39 is 0 Å². The van der Waals surface area contributed by atoms with Crippen molar-refractivity contribution in [1.82, 2.24) is 10.2 Å². The Hall–Kier alpha value is -1.52. The molecule has 0 aliphatic carbocycles.